The zero-order valence-electron chi connectivity index (χ0n) is 36.8. The van der Waals surface area contributed by atoms with Crippen LogP contribution in [0, 0.1) is 0 Å². The zero-order chi connectivity index (χ0) is 44.7. The number of para-hydroxylation sites is 4. The summed E-state index contributed by atoms with van der Waals surface area (Å²) in [7, 11) is 0. The van der Waals surface area contributed by atoms with Crippen molar-refractivity contribution in [1.29, 1.82) is 0 Å². The molecule has 11 aromatic carbocycles. The first kappa shape index (κ1) is 38.2. The molecular weight excluding hydrogens is 829 g/mol. The Hall–Kier alpha value is -9.12. The number of nitrogens with zero attached hydrogens (tertiary/aromatic N) is 2. The Labute approximate surface area is 392 Å². The summed E-state index contributed by atoms with van der Waals surface area (Å²) >= 11 is 0. The van der Waals surface area contributed by atoms with Crippen LogP contribution >= 0.6 is 0 Å². The molecule has 4 nitrogen and oxygen atoms in total. The molecule has 3 heterocycles. The van der Waals surface area contributed by atoms with Crippen molar-refractivity contribution in [1.82, 2.24) is 4.57 Å². The molecule has 2 aromatic heterocycles. The van der Waals surface area contributed by atoms with E-state index in [1.807, 2.05) is 12.1 Å². The Bertz CT molecular complexity index is 4130. The number of benzene rings is 11. The Kier molecular flexibility index (Phi) is 8.55. The number of aromatic nitrogens is 1. The predicted molar refractivity (Wildman–Crippen MR) is 282 cm³/mol. The molecular formula is C64H40N2O2. The van der Waals surface area contributed by atoms with Gasteiger partial charge in [-0.3, -0.25) is 0 Å². The van der Waals surface area contributed by atoms with Gasteiger partial charge >= 0.3 is 0 Å². The average molecular weight is 869 g/mol. The minimum Gasteiger partial charge on any atom is -0.455 e. The summed E-state index contributed by atoms with van der Waals surface area (Å²) in [6, 6.07) is 87.1. The van der Waals surface area contributed by atoms with Crippen LogP contribution in [0.1, 0.15) is 0 Å². The van der Waals surface area contributed by atoms with Crippen molar-refractivity contribution in [2.45, 2.75) is 0 Å². The third kappa shape index (κ3) is 5.94. The minimum atomic E-state index is 0.857. The van der Waals surface area contributed by atoms with Crippen molar-refractivity contribution in [3.05, 3.63) is 243 Å². The second-order valence-corrected chi connectivity index (χ2v) is 17.6. The van der Waals surface area contributed by atoms with Gasteiger partial charge in [-0.2, -0.15) is 0 Å². The summed E-state index contributed by atoms with van der Waals surface area (Å²) in [4.78, 5) is 2.46. The van der Waals surface area contributed by atoms with Gasteiger partial charge in [-0.05, 0) is 112 Å². The van der Waals surface area contributed by atoms with Crippen LogP contribution in [0.3, 0.4) is 0 Å². The summed E-state index contributed by atoms with van der Waals surface area (Å²) in [6.07, 6.45) is 0. The molecule has 4 heteroatoms. The van der Waals surface area contributed by atoms with E-state index in [1.54, 1.807) is 0 Å². The molecule has 0 spiro atoms. The summed E-state index contributed by atoms with van der Waals surface area (Å²) in [5.41, 5.74) is 17.3. The van der Waals surface area contributed by atoms with Crippen molar-refractivity contribution in [3.63, 3.8) is 0 Å². The van der Waals surface area contributed by atoms with E-state index in [0.29, 0.717) is 0 Å². The maximum Gasteiger partial charge on any atom is 0.152 e. The lowest BCUT2D eigenvalue weighted by Crippen LogP contribution is -2.12. The molecule has 1 aliphatic rings. The van der Waals surface area contributed by atoms with Crippen LogP contribution < -0.4 is 9.64 Å². The van der Waals surface area contributed by atoms with Gasteiger partial charge in [0, 0.05) is 43.7 Å². The number of anilines is 3. The summed E-state index contributed by atoms with van der Waals surface area (Å²) in [5, 5.41) is 6.84. The second kappa shape index (κ2) is 15.2. The van der Waals surface area contributed by atoms with Gasteiger partial charge in [0.2, 0.25) is 0 Å². The molecule has 318 valence electrons. The molecule has 0 radical (unpaired) electrons. The molecule has 13 aromatic rings. The monoisotopic (exact) mass is 868 g/mol. The molecule has 0 aliphatic carbocycles. The number of ether oxygens (including phenoxy) is 1. The summed E-state index contributed by atoms with van der Waals surface area (Å²) in [5.74, 6) is 1.72. The Morgan fingerprint density at radius 3 is 1.96 bits per heavy atom. The van der Waals surface area contributed by atoms with Crippen molar-refractivity contribution >= 4 is 71.6 Å². The number of hydrogen-bond donors (Lipinski definition) is 0. The van der Waals surface area contributed by atoms with E-state index in [4.69, 9.17) is 9.15 Å². The fourth-order valence-corrected chi connectivity index (χ4v) is 10.7. The van der Waals surface area contributed by atoms with Gasteiger partial charge < -0.3 is 18.6 Å². The number of fused-ring (bicyclic) bond motifs is 10. The largest absolute Gasteiger partial charge is 0.455 e. The molecule has 1 aliphatic heterocycles. The van der Waals surface area contributed by atoms with Gasteiger partial charge in [-0.1, -0.05) is 170 Å². The smallest absolute Gasteiger partial charge is 0.152 e. The van der Waals surface area contributed by atoms with E-state index in [-0.39, 0.29) is 0 Å². The normalized spacial score (nSPS) is 11.9. The molecule has 0 N–H and O–H groups in total. The summed E-state index contributed by atoms with van der Waals surface area (Å²) in [6.45, 7) is 0. The SMILES string of the molecule is c1ccc(-c2ccc(N(c3cccc(-c4cccc5oc6c7ccccc7ccc6c45)c3)c3ccccc3-c3ccc4c(c3)c3cccc5c3n4-c3ccccc3O5)c(-c3ccccc3)c2)cc1. The predicted octanol–water partition coefficient (Wildman–Crippen LogP) is 18.1. The van der Waals surface area contributed by atoms with E-state index in [1.165, 1.54) is 10.9 Å². The van der Waals surface area contributed by atoms with Crippen LogP contribution in [0.2, 0.25) is 0 Å². The lowest BCUT2D eigenvalue weighted by Gasteiger charge is -2.30. The standard InChI is InChI=1S/C64H40N2O2/c1-3-16-41(17-4-1)44-33-36-56(53(39-44)42-18-5-2-6-19-42)65(47-22-13-21-45(38-47)49-25-14-30-60-62(49)52-35-32-43-20-7-8-24-50(43)64(52)68-60)55-27-10-9-23-48(55)46-34-37-57-54(40-46)51-26-15-31-61-63(51)66(57)58-28-11-12-29-59(58)67-61/h1-40H. The third-order valence-corrected chi connectivity index (χ3v) is 13.8. The van der Waals surface area contributed by atoms with E-state index >= 15 is 0 Å². The van der Waals surface area contributed by atoms with E-state index < -0.39 is 0 Å². The highest BCUT2D eigenvalue weighted by Crippen LogP contribution is 2.50. The van der Waals surface area contributed by atoms with Crippen LogP contribution in [0.4, 0.5) is 17.1 Å². The van der Waals surface area contributed by atoms with Gasteiger partial charge in [0.05, 0.1) is 28.1 Å². The zero-order valence-corrected chi connectivity index (χ0v) is 36.8. The Balaban J connectivity index is 1.01. The number of hydrogen-bond acceptors (Lipinski definition) is 3. The maximum atomic E-state index is 6.70. The van der Waals surface area contributed by atoms with Gasteiger partial charge in [0.15, 0.2) is 11.5 Å². The van der Waals surface area contributed by atoms with Crippen LogP contribution in [0.15, 0.2) is 247 Å². The first-order valence-electron chi connectivity index (χ1n) is 23.2. The van der Waals surface area contributed by atoms with Crippen LogP contribution in [0.5, 0.6) is 11.5 Å². The molecule has 0 atom stereocenters. The Morgan fingerprint density at radius 2 is 1.04 bits per heavy atom. The molecule has 0 bridgehead atoms. The average Bonchev–Trinajstić information content (AvgIpc) is 3.97. The van der Waals surface area contributed by atoms with Gasteiger partial charge in [0.25, 0.3) is 0 Å². The van der Waals surface area contributed by atoms with Crippen molar-refractivity contribution in [3.8, 4) is 61.7 Å². The van der Waals surface area contributed by atoms with Crippen molar-refractivity contribution < 1.29 is 9.15 Å². The van der Waals surface area contributed by atoms with Crippen LogP contribution in [0.25, 0.3) is 105 Å². The molecule has 0 saturated carbocycles. The topological polar surface area (TPSA) is 30.5 Å². The van der Waals surface area contributed by atoms with E-state index in [9.17, 15) is 0 Å². The van der Waals surface area contributed by atoms with E-state index in [0.717, 1.165) is 122 Å². The van der Waals surface area contributed by atoms with Gasteiger partial charge in [-0.15, -0.1) is 0 Å². The molecule has 0 fully saturated rings. The van der Waals surface area contributed by atoms with Crippen molar-refractivity contribution in [2.24, 2.45) is 0 Å². The summed E-state index contributed by atoms with van der Waals surface area (Å²) < 4.78 is 15.5. The maximum absolute atomic E-state index is 6.70. The second-order valence-electron chi connectivity index (χ2n) is 17.6. The molecule has 0 amide bonds. The first-order chi connectivity index (χ1) is 33.7. The van der Waals surface area contributed by atoms with Gasteiger partial charge in [0.1, 0.15) is 11.2 Å². The highest BCUT2D eigenvalue weighted by atomic mass is 16.5. The van der Waals surface area contributed by atoms with Crippen molar-refractivity contribution in [2.75, 3.05) is 4.90 Å². The third-order valence-electron chi connectivity index (χ3n) is 13.8. The quantitative estimate of drug-likeness (QED) is 0.160. The van der Waals surface area contributed by atoms with Gasteiger partial charge in [-0.25, -0.2) is 0 Å². The fourth-order valence-electron chi connectivity index (χ4n) is 10.7. The number of rotatable bonds is 7. The first-order valence-corrected chi connectivity index (χ1v) is 23.2. The Morgan fingerprint density at radius 1 is 0.368 bits per heavy atom. The fraction of sp³-hybridized carbons (Fsp3) is 0. The highest BCUT2D eigenvalue weighted by molar-refractivity contribution is 6.19. The number of furan rings is 1. The van der Waals surface area contributed by atoms with E-state index in [2.05, 4.69) is 240 Å². The van der Waals surface area contributed by atoms with Crippen LogP contribution in [-0.4, -0.2) is 4.57 Å². The highest BCUT2D eigenvalue weighted by Gasteiger charge is 2.26. The van der Waals surface area contributed by atoms with Crippen LogP contribution in [-0.2, 0) is 0 Å². The lowest BCUT2D eigenvalue weighted by atomic mass is 9.94. The lowest BCUT2D eigenvalue weighted by molar-refractivity contribution is 0.476. The minimum absolute atomic E-state index is 0.857. The molecule has 14 rings (SSSR count). The molecule has 68 heavy (non-hydrogen) atoms. The molecule has 0 saturated heterocycles. The molecule has 0 unspecified atom stereocenters.